The number of rotatable bonds is 2. The quantitative estimate of drug-likeness (QED) is 0.603. The van der Waals surface area contributed by atoms with E-state index in [1.54, 1.807) is 0 Å². The molecule has 0 unspecified atom stereocenters. The van der Waals surface area contributed by atoms with Gasteiger partial charge in [0.25, 0.3) is 0 Å². The minimum absolute atomic E-state index is 0.441. The summed E-state index contributed by atoms with van der Waals surface area (Å²) >= 11 is 1.45. The smallest absolute Gasteiger partial charge is 0.205 e. The Balaban J connectivity index is 2.01. The number of H-pyrrole nitrogens is 1. The van der Waals surface area contributed by atoms with Crippen molar-refractivity contribution in [3.63, 3.8) is 0 Å². The van der Waals surface area contributed by atoms with Gasteiger partial charge >= 0.3 is 0 Å². The molecule has 0 spiro atoms. The maximum absolute atomic E-state index is 5.90. The van der Waals surface area contributed by atoms with Crippen LogP contribution in [0.5, 0.6) is 0 Å². The molecule has 0 bridgehead atoms. The second-order valence-electron chi connectivity index (χ2n) is 3.95. The number of hydrogen-bond acceptors (Lipinski definition) is 7. The molecule has 7 nitrogen and oxygen atoms in total. The summed E-state index contributed by atoms with van der Waals surface area (Å²) in [6.07, 6.45) is 1.91. The summed E-state index contributed by atoms with van der Waals surface area (Å²) in [6.45, 7) is 3.08. The number of nitrogens with zero attached hydrogens (tertiary/aromatic N) is 4. The fraction of sp³-hybridized carbons (Fsp3) is 0.500. The van der Waals surface area contributed by atoms with Gasteiger partial charge in [-0.05, 0) is 6.26 Å². The van der Waals surface area contributed by atoms with Gasteiger partial charge in [0.1, 0.15) is 5.52 Å². The molecule has 96 valence electrons. The van der Waals surface area contributed by atoms with Gasteiger partial charge in [-0.2, -0.15) is 4.98 Å². The normalized spacial score (nSPS) is 16.4. The summed E-state index contributed by atoms with van der Waals surface area (Å²) in [5.74, 6) is 1.23. The van der Waals surface area contributed by atoms with Crippen molar-refractivity contribution < 1.29 is 4.74 Å². The van der Waals surface area contributed by atoms with Gasteiger partial charge < -0.3 is 20.4 Å². The average molecular weight is 266 g/mol. The lowest BCUT2D eigenvalue weighted by Gasteiger charge is -2.25. The number of nitrogens with one attached hydrogen (secondary N) is 1. The van der Waals surface area contributed by atoms with Crippen LogP contribution in [0.1, 0.15) is 0 Å². The predicted octanol–water partition coefficient (Wildman–Crippen LogP) is 0.494. The highest BCUT2D eigenvalue weighted by atomic mass is 32.2. The number of aromatic nitrogens is 4. The largest absolute Gasteiger partial charge is 0.382 e. The summed E-state index contributed by atoms with van der Waals surface area (Å²) in [6, 6.07) is 0. The molecule has 3 N–H and O–H groups in total. The van der Waals surface area contributed by atoms with Crippen molar-refractivity contribution in [3.8, 4) is 0 Å². The van der Waals surface area contributed by atoms with E-state index in [1.807, 2.05) is 6.26 Å². The highest BCUT2D eigenvalue weighted by Gasteiger charge is 2.17. The number of nitrogens with two attached hydrogens (primary N) is 1. The molecule has 8 heteroatoms. The molecule has 0 aromatic carbocycles. The molecule has 2 aromatic rings. The lowest BCUT2D eigenvalue weighted by molar-refractivity contribution is 0.122. The van der Waals surface area contributed by atoms with E-state index in [-0.39, 0.29) is 0 Å². The number of anilines is 2. The van der Waals surface area contributed by atoms with Crippen LogP contribution >= 0.6 is 11.8 Å². The Hall–Kier alpha value is -1.54. The third kappa shape index (κ3) is 1.97. The zero-order valence-corrected chi connectivity index (χ0v) is 10.8. The molecule has 1 aliphatic rings. The number of fused-ring (bicyclic) bond motifs is 1. The summed E-state index contributed by atoms with van der Waals surface area (Å²) < 4.78 is 5.32. The summed E-state index contributed by atoms with van der Waals surface area (Å²) in [5, 5.41) is 0.639. The minimum Gasteiger partial charge on any atom is -0.382 e. The molecule has 0 aliphatic carbocycles. The van der Waals surface area contributed by atoms with Crippen molar-refractivity contribution in [1.82, 2.24) is 19.9 Å². The maximum Gasteiger partial charge on any atom is 0.205 e. The van der Waals surface area contributed by atoms with Gasteiger partial charge in [-0.15, -0.1) is 0 Å². The fourth-order valence-electron chi connectivity index (χ4n) is 1.90. The molecule has 1 fully saturated rings. The molecule has 1 saturated heterocycles. The lowest BCUT2D eigenvalue weighted by atomic mass is 10.4. The molecule has 0 atom stereocenters. The number of thioether (sulfide) groups is 1. The van der Waals surface area contributed by atoms with Gasteiger partial charge in [-0.1, -0.05) is 11.8 Å². The second kappa shape index (κ2) is 4.62. The number of aromatic amines is 1. The predicted molar refractivity (Wildman–Crippen MR) is 70.9 cm³/mol. The summed E-state index contributed by atoms with van der Waals surface area (Å²) in [5.41, 5.74) is 7.22. The topological polar surface area (TPSA) is 93.0 Å². The van der Waals surface area contributed by atoms with Crippen molar-refractivity contribution in [2.75, 3.05) is 43.2 Å². The SMILES string of the molecule is CSc1nc(N)c2[nH]c(N3CCOCC3)nc2n1. The molecule has 0 amide bonds. The monoisotopic (exact) mass is 266 g/mol. The zero-order chi connectivity index (χ0) is 12.5. The van der Waals surface area contributed by atoms with E-state index in [4.69, 9.17) is 10.5 Å². The van der Waals surface area contributed by atoms with E-state index in [9.17, 15) is 0 Å². The van der Waals surface area contributed by atoms with E-state index >= 15 is 0 Å². The highest BCUT2D eigenvalue weighted by molar-refractivity contribution is 7.98. The molecule has 0 radical (unpaired) electrons. The van der Waals surface area contributed by atoms with Crippen molar-refractivity contribution in [2.24, 2.45) is 0 Å². The van der Waals surface area contributed by atoms with Crippen LogP contribution in [-0.2, 0) is 4.74 Å². The van der Waals surface area contributed by atoms with Crippen LogP contribution in [0.15, 0.2) is 5.16 Å². The first-order chi connectivity index (χ1) is 8.78. The van der Waals surface area contributed by atoms with Crippen LogP contribution in [0, 0.1) is 0 Å². The van der Waals surface area contributed by atoms with Crippen LogP contribution < -0.4 is 10.6 Å². The van der Waals surface area contributed by atoms with Gasteiger partial charge in [-0.25, -0.2) is 9.97 Å². The second-order valence-corrected chi connectivity index (χ2v) is 4.73. The first-order valence-electron chi connectivity index (χ1n) is 5.68. The summed E-state index contributed by atoms with van der Waals surface area (Å²) in [7, 11) is 0. The molecule has 0 saturated carbocycles. The number of nitrogen functional groups attached to an aromatic ring is 1. The fourth-order valence-corrected chi connectivity index (χ4v) is 2.27. The van der Waals surface area contributed by atoms with Crippen molar-refractivity contribution in [2.45, 2.75) is 5.16 Å². The van der Waals surface area contributed by atoms with Gasteiger partial charge in [0.15, 0.2) is 16.6 Å². The van der Waals surface area contributed by atoms with Crippen LogP contribution in [0.25, 0.3) is 11.2 Å². The van der Waals surface area contributed by atoms with Gasteiger partial charge in [0.2, 0.25) is 5.95 Å². The molecule has 18 heavy (non-hydrogen) atoms. The van der Waals surface area contributed by atoms with Crippen LogP contribution in [0.2, 0.25) is 0 Å². The molecular weight excluding hydrogens is 252 g/mol. The number of morpholine rings is 1. The van der Waals surface area contributed by atoms with Crippen molar-refractivity contribution >= 4 is 34.7 Å². The van der Waals surface area contributed by atoms with Gasteiger partial charge in [0, 0.05) is 13.1 Å². The Labute approximate surface area is 108 Å². The summed E-state index contributed by atoms with van der Waals surface area (Å²) in [4.78, 5) is 18.3. The molecule has 3 rings (SSSR count). The molecule has 2 aromatic heterocycles. The van der Waals surface area contributed by atoms with Crippen molar-refractivity contribution in [1.29, 1.82) is 0 Å². The van der Waals surface area contributed by atoms with Crippen LogP contribution in [0.3, 0.4) is 0 Å². The van der Waals surface area contributed by atoms with Crippen LogP contribution in [-0.4, -0.2) is 52.5 Å². The highest BCUT2D eigenvalue weighted by Crippen LogP contribution is 2.22. The van der Waals surface area contributed by atoms with Crippen molar-refractivity contribution in [3.05, 3.63) is 0 Å². The van der Waals surface area contributed by atoms with Gasteiger partial charge in [-0.3, -0.25) is 0 Å². The van der Waals surface area contributed by atoms with Crippen LogP contribution in [0.4, 0.5) is 11.8 Å². The molecule has 1 aliphatic heterocycles. The zero-order valence-electron chi connectivity index (χ0n) is 10.0. The lowest BCUT2D eigenvalue weighted by Crippen LogP contribution is -2.36. The minimum atomic E-state index is 0.441. The van der Waals surface area contributed by atoms with E-state index in [2.05, 4.69) is 24.8 Å². The Bertz CT molecular complexity index is 565. The molecule has 3 heterocycles. The third-order valence-corrected chi connectivity index (χ3v) is 3.39. The Morgan fingerprint density at radius 1 is 1.28 bits per heavy atom. The van der Waals surface area contributed by atoms with E-state index < -0.39 is 0 Å². The Kier molecular flexibility index (Phi) is 2.96. The first kappa shape index (κ1) is 11.5. The number of imidazole rings is 1. The Morgan fingerprint density at radius 3 is 2.78 bits per heavy atom. The van der Waals surface area contributed by atoms with Gasteiger partial charge in [0.05, 0.1) is 13.2 Å². The molecular formula is C10H14N6OS. The van der Waals surface area contributed by atoms with E-state index in [1.165, 1.54) is 11.8 Å². The average Bonchev–Trinajstić information content (AvgIpc) is 2.84. The third-order valence-electron chi connectivity index (χ3n) is 2.84. The number of hydrogen-bond donors (Lipinski definition) is 2. The van der Waals surface area contributed by atoms with E-state index in [0.717, 1.165) is 19.0 Å². The first-order valence-corrected chi connectivity index (χ1v) is 6.90. The van der Waals surface area contributed by atoms with E-state index in [0.29, 0.717) is 35.4 Å². The standard InChI is InChI=1S/C10H14N6OS/c1-18-10-13-7(11)6-8(15-10)14-9(12-6)16-2-4-17-5-3-16/h2-5H2,1H3,(H3,11,12,13,14,15). The maximum atomic E-state index is 5.90. The Morgan fingerprint density at radius 2 is 2.06 bits per heavy atom. The number of ether oxygens (including phenoxy) is 1.